The van der Waals surface area contributed by atoms with Crippen LogP contribution in [0.5, 0.6) is 0 Å². The maximum Gasteiger partial charge on any atom is 1.00 e. The maximum absolute atomic E-state index is 3.98. The van der Waals surface area contributed by atoms with E-state index in [4.69, 9.17) is 0 Å². The summed E-state index contributed by atoms with van der Waals surface area (Å²) in [5.74, 6) is 0. The molecule has 0 amide bonds. The number of aryl methyl sites for hydroxylation is 2. The summed E-state index contributed by atoms with van der Waals surface area (Å²) in [5, 5.41) is 0. The summed E-state index contributed by atoms with van der Waals surface area (Å²) in [6.45, 7) is 10.3. The number of benzene rings is 1. The summed E-state index contributed by atoms with van der Waals surface area (Å²) in [7, 11) is 0. The van der Waals surface area contributed by atoms with Crippen LogP contribution in [0.25, 0.3) is 0 Å². The molecule has 1 heteroatoms. The molecule has 0 saturated carbocycles. The van der Waals surface area contributed by atoms with Crippen molar-refractivity contribution < 1.29 is 18.9 Å². The minimum Gasteiger partial charge on any atom is -0.198 e. The predicted octanol–water partition coefficient (Wildman–Crippen LogP) is -0.202. The van der Waals surface area contributed by atoms with E-state index in [1.165, 1.54) is 22.3 Å². The molecule has 0 unspecified atom stereocenters. The molecule has 1 aromatic carbocycles. The van der Waals surface area contributed by atoms with E-state index in [-0.39, 0.29) is 18.9 Å². The third kappa shape index (κ3) is 2.06. The molecule has 0 aromatic heterocycles. The number of rotatable bonds is 0. The van der Waals surface area contributed by atoms with Crippen LogP contribution in [-0.2, 0) is 0 Å². The molecule has 54 valence electrons. The molecule has 0 aliphatic rings. The van der Waals surface area contributed by atoms with Crippen LogP contribution in [0.4, 0.5) is 0 Å². The van der Waals surface area contributed by atoms with Crippen LogP contribution >= 0.6 is 0 Å². The average molecular weight is 140 g/mol. The first kappa shape index (κ1) is 10.7. The Bertz CT molecular complexity index is 224. The fourth-order valence-corrected chi connectivity index (χ4v) is 1.01. The zero-order valence-corrected chi connectivity index (χ0v) is 7.86. The van der Waals surface area contributed by atoms with Crippen LogP contribution in [0.15, 0.2) is 12.1 Å². The van der Waals surface area contributed by atoms with Crippen molar-refractivity contribution in [1.82, 2.24) is 0 Å². The first-order valence-corrected chi connectivity index (χ1v) is 3.51. The summed E-state index contributed by atoms with van der Waals surface area (Å²) in [4.78, 5) is 0. The summed E-state index contributed by atoms with van der Waals surface area (Å²) in [6.07, 6.45) is 0. The van der Waals surface area contributed by atoms with Crippen LogP contribution in [-0.4, -0.2) is 0 Å². The van der Waals surface area contributed by atoms with E-state index in [9.17, 15) is 0 Å². The molecular weight excluding hydrogens is 127 g/mol. The van der Waals surface area contributed by atoms with Gasteiger partial charge in [0.25, 0.3) is 0 Å². The van der Waals surface area contributed by atoms with Gasteiger partial charge in [0, 0.05) is 0 Å². The van der Waals surface area contributed by atoms with E-state index in [2.05, 4.69) is 39.8 Å². The van der Waals surface area contributed by atoms with Gasteiger partial charge in [-0.25, -0.2) is 0 Å². The Hall–Kier alpha value is -0.313. The van der Waals surface area contributed by atoms with Crippen LogP contribution in [0, 0.1) is 27.7 Å². The zero-order valence-electron chi connectivity index (χ0n) is 7.86. The van der Waals surface area contributed by atoms with Crippen molar-refractivity contribution in [2.45, 2.75) is 20.8 Å². The molecular formula is C10H13Li. The summed E-state index contributed by atoms with van der Waals surface area (Å²) >= 11 is 0. The molecule has 0 saturated heterocycles. The second-order valence-electron chi connectivity index (χ2n) is 2.80. The number of hydrogen-bond acceptors (Lipinski definition) is 0. The van der Waals surface area contributed by atoms with Gasteiger partial charge in [0.15, 0.2) is 0 Å². The van der Waals surface area contributed by atoms with E-state index >= 15 is 0 Å². The summed E-state index contributed by atoms with van der Waals surface area (Å²) in [5.41, 5.74) is 5.11. The summed E-state index contributed by atoms with van der Waals surface area (Å²) in [6, 6.07) is 4.25. The van der Waals surface area contributed by atoms with E-state index in [0.717, 1.165) is 0 Å². The van der Waals surface area contributed by atoms with Crippen molar-refractivity contribution in [2.24, 2.45) is 0 Å². The number of hydrogen-bond donors (Lipinski definition) is 0. The smallest absolute Gasteiger partial charge is 0.198 e. The second-order valence-corrected chi connectivity index (χ2v) is 2.80. The molecule has 11 heavy (non-hydrogen) atoms. The predicted molar refractivity (Wildman–Crippen MR) is 45.1 cm³/mol. The molecule has 0 atom stereocenters. The minimum atomic E-state index is 0. The van der Waals surface area contributed by atoms with Crippen molar-refractivity contribution in [1.29, 1.82) is 0 Å². The zero-order chi connectivity index (χ0) is 7.72. The van der Waals surface area contributed by atoms with Gasteiger partial charge in [0.1, 0.15) is 0 Å². The molecule has 0 heterocycles. The molecule has 0 radical (unpaired) electrons. The minimum absolute atomic E-state index is 0. The largest absolute Gasteiger partial charge is 1.00 e. The van der Waals surface area contributed by atoms with Gasteiger partial charge in [-0.2, -0.15) is 18.1 Å². The van der Waals surface area contributed by atoms with Crippen LogP contribution < -0.4 is 18.9 Å². The van der Waals surface area contributed by atoms with Crippen molar-refractivity contribution in [2.75, 3.05) is 0 Å². The van der Waals surface area contributed by atoms with E-state index < -0.39 is 0 Å². The Kier molecular flexibility index (Phi) is 3.79. The Labute approximate surface area is 81.2 Å². The van der Waals surface area contributed by atoms with Crippen molar-refractivity contribution >= 4 is 0 Å². The van der Waals surface area contributed by atoms with Crippen molar-refractivity contribution in [3.63, 3.8) is 0 Å². The van der Waals surface area contributed by atoms with Gasteiger partial charge < -0.3 is 0 Å². The van der Waals surface area contributed by atoms with Gasteiger partial charge in [-0.3, -0.25) is 0 Å². The normalized spacial score (nSPS) is 9.00. The van der Waals surface area contributed by atoms with Crippen LogP contribution in [0.3, 0.4) is 0 Å². The molecule has 0 aliphatic carbocycles. The monoisotopic (exact) mass is 140 g/mol. The fourth-order valence-electron chi connectivity index (χ4n) is 1.01. The molecule has 1 rings (SSSR count). The third-order valence-corrected chi connectivity index (χ3v) is 2.10. The van der Waals surface area contributed by atoms with Crippen molar-refractivity contribution in [3.05, 3.63) is 41.3 Å². The molecule has 0 bridgehead atoms. The van der Waals surface area contributed by atoms with E-state index in [1.54, 1.807) is 0 Å². The van der Waals surface area contributed by atoms with E-state index in [0.29, 0.717) is 0 Å². The topological polar surface area (TPSA) is 0 Å². The third-order valence-electron chi connectivity index (χ3n) is 2.10. The van der Waals surface area contributed by atoms with Gasteiger partial charge in [-0.15, -0.1) is 17.2 Å². The van der Waals surface area contributed by atoms with Gasteiger partial charge in [-0.05, 0) is 0 Å². The Morgan fingerprint density at radius 3 is 1.91 bits per heavy atom. The Morgan fingerprint density at radius 1 is 1.00 bits per heavy atom. The molecule has 0 N–H and O–H groups in total. The molecule has 0 fully saturated rings. The fraction of sp³-hybridized carbons (Fsp3) is 0.300. The van der Waals surface area contributed by atoms with Crippen molar-refractivity contribution in [3.8, 4) is 0 Å². The Balaban J connectivity index is 0.000001000. The van der Waals surface area contributed by atoms with Gasteiger partial charge in [-0.1, -0.05) is 26.8 Å². The van der Waals surface area contributed by atoms with E-state index in [1.807, 2.05) is 0 Å². The first-order chi connectivity index (χ1) is 4.63. The average Bonchev–Trinajstić information content (AvgIpc) is 1.93. The van der Waals surface area contributed by atoms with Crippen LogP contribution in [0.2, 0.25) is 0 Å². The van der Waals surface area contributed by atoms with Crippen LogP contribution in [0.1, 0.15) is 22.3 Å². The van der Waals surface area contributed by atoms with Gasteiger partial charge in [0.2, 0.25) is 0 Å². The summed E-state index contributed by atoms with van der Waals surface area (Å²) < 4.78 is 0. The molecule has 1 aromatic rings. The first-order valence-electron chi connectivity index (χ1n) is 3.51. The molecule has 0 spiro atoms. The maximum atomic E-state index is 3.98. The second kappa shape index (κ2) is 3.90. The SMILES string of the molecule is [CH2-]c1c(C)ccc(C)c1C.[Li+]. The van der Waals surface area contributed by atoms with Gasteiger partial charge >= 0.3 is 18.9 Å². The molecule has 0 nitrogen and oxygen atoms in total. The molecule has 0 aliphatic heterocycles. The standard InChI is InChI=1S/C10H13.Li/c1-7-5-6-8(2)10(4)9(7)3;/h5-6H,3H2,1-2,4H3;/q-1;+1. The van der Waals surface area contributed by atoms with Gasteiger partial charge in [0.05, 0.1) is 0 Å². The quantitative estimate of drug-likeness (QED) is 0.346. The Morgan fingerprint density at radius 2 is 1.45 bits per heavy atom.